The molecule has 2 fully saturated rings. The van der Waals surface area contributed by atoms with Crippen molar-refractivity contribution in [3.63, 3.8) is 0 Å². The molecule has 4 aliphatic rings. The number of rotatable bonds is 2. The lowest BCUT2D eigenvalue weighted by atomic mass is 9.60. The van der Waals surface area contributed by atoms with Gasteiger partial charge in [0.05, 0.1) is 12.0 Å². The van der Waals surface area contributed by atoms with E-state index in [2.05, 4.69) is 6.92 Å². The highest BCUT2D eigenvalue weighted by atomic mass is 16.7. The molecule has 4 atom stereocenters. The summed E-state index contributed by atoms with van der Waals surface area (Å²) in [7, 11) is 3.11. The van der Waals surface area contributed by atoms with E-state index in [-0.39, 0.29) is 23.7 Å². The van der Waals surface area contributed by atoms with Gasteiger partial charge in [0.25, 0.3) is 0 Å². The minimum atomic E-state index is -1.08. The molecule has 0 aromatic rings. The lowest BCUT2D eigenvalue weighted by Gasteiger charge is -2.52. The van der Waals surface area contributed by atoms with Crippen LogP contribution >= 0.6 is 0 Å². The van der Waals surface area contributed by atoms with Gasteiger partial charge in [0.15, 0.2) is 0 Å². The molecule has 2 bridgehead atoms. The molecule has 17 heavy (non-hydrogen) atoms. The van der Waals surface area contributed by atoms with Gasteiger partial charge in [-0.3, -0.25) is 4.79 Å². The van der Waals surface area contributed by atoms with Crippen molar-refractivity contribution in [1.82, 2.24) is 0 Å². The van der Waals surface area contributed by atoms with Crippen molar-refractivity contribution in [2.75, 3.05) is 20.8 Å². The van der Waals surface area contributed by atoms with Crippen molar-refractivity contribution in [3.05, 3.63) is 11.6 Å². The number of carbonyl (C=O) groups excluding carboxylic acids is 1. The average Bonchev–Trinajstić information content (AvgIpc) is 2.81. The summed E-state index contributed by atoms with van der Waals surface area (Å²) in [6.45, 7) is 2.80. The van der Waals surface area contributed by atoms with Crippen LogP contribution in [0.2, 0.25) is 0 Å². The van der Waals surface area contributed by atoms with E-state index in [1.54, 1.807) is 14.2 Å². The first-order valence-corrected chi connectivity index (χ1v) is 6.10. The maximum Gasteiger partial charge on any atom is 0.236 e. The van der Waals surface area contributed by atoms with Crippen LogP contribution in [0.15, 0.2) is 11.6 Å². The first-order valence-electron chi connectivity index (χ1n) is 6.10. The second-order valence-electron chi connectivity index (χ2n) is 5.14. The SMILES string of the molecule is COC1(OC)C(=O)[C@@H]2C=C(C)[C@H]1[C@H]1CCO[C@H]12. The van der Waals surface area contributed by atoms with Crippen molar-refractivity contribution in [2.45, 2.75) is 25.2 Å². The largest absolute Gasteiger partial charge is 0.377 e. The molecule has 3 aliphatic carbocycles. The van der Waals surface area contributed by atoms with Crippen molar-refractivity contribution in [2.24, 2.45) is 17.8 Å². The van der Waals surface area contributed by atoms with Gasteiger partial charge >= 0.3 is 0 Å². The van der Waals surface area contributed by atoms with Crippen LogP contribution in [0.3, 0.4) is 0 Å². The van der Waals surface area contributed by atoms with Gasteiger partial charge in [-0.1, -0.05) is 11.6 Å². The monoisotopic (exact) mass is 238 g/mol. The number of Topliss-reactive ketones (excluding diaryl/α,β-unsaturated/α-hetero) is 1. The molecule has 4 nitrogen and oxygen atoms in total. The van der Waals surface area contributed by atoms with Crippen molar-refractivity contribution in [1.29, 1.82) is 0 Å². The number of fused-ring (bicyclic) bond motifs is 1. The van der Waals surface area contributed by atoms with Gasteiger partial charge in [0, 0.05) is 32.7 Å². The van der Waals surface area contributed by atoms with E-state index in [1.807, 2.05) is 6.08 Å². The highest BCUT2D eigenvalue weighted by Gasteiger charge is 2.64. The molecule has 94 valence electrons. The maximum atomic E-state index is 12.5. The molecule has 4 heteroatoms. The zero-order valence-corrected chi connectivity index (χ0v) is 10.4. The van der Waals surface area contributed by atoms with Crippen LogP contribution in [-0.4, -0.2) is 38.5 Å². The molecule has 4 rings (SSSR count). The molecule has 1 heterocycles. The van der Waals surface area contributed by atoms with Crippen LogP contribution in [0.4, 0.5) is 0 Å². The third-order valence-electron chi connectivity index (χ3n) is 4.56. The Morgan fingerprint density at radius 1 is 1.41 bits per heavy atom. The molecular weight excluding hydrogens is 220 g/mol. The number of methoxy groups -OCH3 is 2. The maximum absolute atomic E-state index is 12.5. The Hall–Kier alpha value is -0.710. The molecular formula is C13H18O4. The van der Waals surface area contributed by atoms with Crippen LogP contribution in [0.1, 0.15) is 13.3 Å². The molecule has 0 unspecified atom stereocenters. The lowest BCUT2D eigenvalue weighted by molar-refractivity contribution is -0.252. The smallest absolute Gasteiger partial charge is 0.236 e. The summed E-state index contributed by atoms with van der Waals surface area (Å²) < 4.78 is 16.7. The fourth-order valence-corrected chi connectivity index (χ4v) is 3.90. The summed E-state index contributed by atoms with van der Waals surface area (Å²) in [4.78, 5) is 12.5. The molecule has 0 amide bonds. The first kappa shape index (κ1) is 11.4. The third kappa shape index (κ3) is 1.21. The summed E-state index contributed by atoms with van der Waals surface area (Å²) >= 11 is 0. The number of hydrogen-bond acceptors (Lipinski definition) is 4. The van der Waals surface area contributed by atoms with Gasteiger partial charge in [0.2, 0.25) is 11.6 Å². The van der Waals surface area contributed by atoms with Crippen LogP contribution in [-0.2, 0) is 19.0 Å². The van der Waals surface area contributed by atoms with Crippen molar-refractivity contribution >= 4 is 5.78 Å². The van der Waals surface area contributed by atoms with E-state index in [9.17, 15) is 4.79 Å². The van der Waals surface area contributed by atoms with E-state index in [4.69, 9.17) is 14.2 Å². The second-order valence-corrected chi connectivity index (χ2v) is 5.14. The second kappa shape index (κ2) is 3.64. The Labute approximate surface area is 101 Å². The van der Waals surface area contributed by atoms with Gasteiger partial charge in [0.1, 0.15) is 0 Å². The molecule has 0 N–H and O–H groups in total. The molecule has 0 spiro atoms. The van der Waals surface area contributed by atoms with Crippen LogP contribution in [0.5, 0.6) is 0 Å². The number of ether oxygens (including phenoxy) is 3. The Morgan fingerprint density at radius 2 is 2.12 bits per heavy atom. The summed E-state index contributed by atoms with van der Waals surface area (Å²) in [5, 5.41) is 0. The van der Waals surface area contributed by atoms with Gasteiger partial charge in [-0.25, -0.2) is 0 Å². The van der Waals surface area contributed by atoms with E-state index in [1.165, 1.54) is 5.57 Å². The summed E-state index contributed by atoms with van der Waals surface area (Å²) in [5.74, 6) is -0.919. The van der Waals surface area contributed by atoms with Crippen LogP contribution < -0.4 is 0 Å². The van der Waals surface area contributed by atoms with Crippen LogP contribution in [0, 0.1) is 17.8 Å². The Kier molecular flexibility index (Phi) is 2.44. The standard InChI is InChI=1S/C13H18O4/c1-7-6-9-11-8(4-5-17-11)10(7)13(15-2,16-3)12(9)14/h6,8-11H,4-5H2,1-3H3/t8-,9-,10+,11-/m1/s1. The molecule has 0 radical (unpaired) electrons. The highest BCUT2D eigenvalue weighted by molar-refractivity contribution is 5.93. The number of hydrogen-bond donors (Lipinski definition) is 0. The zero-order valence-electron chi connectivity index (χ0n) is 10.4. The van der Waals surface area contributed by atoms with Gasteiger partial charge < -0.3 is 14.2 Å². The van der Waals surface area contributed by atoms with E-state index in [0.29, 0.717) is 5.92 Å². The molecule has 0 aromatic carbocycles. The summed E-state index contributed by atoms with van der Waals surface area (Å²) in [6, 6.07) is 0. The normalized spacial score (nSPS) is 42.5. The van der Waals surface area contributed by atoms with E-state index >= 15 is 0 Å². The minimum absolute atomic E-state index is 0.00231. The van der Waals surface area contributed by atoms with Gasteiger partial charge in [-0.05, 0) is 13.3 Å². The van der Waals surface area contributed by atoms with E-state index < -0.39 is 5.79 Å². The lowest BCUT2D eigenvalue weighted by Crippen LogP contribution is -2.64. The van der Waals surface area contributed by atoms with Crippen molar-refractivity contribution < 1.29 is 19.0 Å². The summed E-state index contributed by atoms with van der Waals surface area (Å²) in [6.07, 6.45) is 3.06. The van der Waals surface area contributed by atoms with Crippen LogP contribution in [0.25, 0.3) is 0 Å². The number of ketones is 1. The minimum Gasteiger partial charge on any atom is -0.377 e. The first-order chi connectivity index (χ1) is 8.15. The zero-order chi connectivity index (χ0) is 12.2. The molecule has 1 aliphatic heterocycles. The molecule has 1 saturated heterocycles. The molecule has 0 aromatic heterocycles. The Balaban J connectivity index is 2.12. The van der Waals surface area contributed by atoms with Crippen molar-refractivity contribution in [3.8, 4) is 0 Å². The summed E-state index contributed by atoms with van der Waals surface area (Å²) in [5.41, 5.74) is 1.20. The predicted molar refractivity (Wildman–Crippen MR) is 60.3 cm³/mol. The topological polar surface area (TPSA) is 44.8 Å². The fourth-order valence-electron chi connectivity index (χ4n) is 3.90. The Bertz CT molecular complexity index is 383. The third-order valence-corrected chi connectivity index (χ3v) is 4.56. The van der Waals surface area contributed by atoms with E-state index in [0.717, 1.165) is 13.0 Å². The quantitative estimate of drug-likeness (QED) is 0.535. The predicted octanol–water partition coefficient (Wildman–Crippen LogP) is 1.16. The average molecular weight is 238 g/mol. The van der Waals surface area contributed by atoms with Gasteiger partial charge in [-0.15, -0.1) is 0 Å². The number of carbonyl (C=O) groups is 1. The van der Waals surface area contributed by atoms with Gasteiger partial charge in [-0.2, -0.15) is 0 Å². The Morgan fingerprint density at radius 3 is 2.76 bits per heavy atom. The fraction of sp³-hybridized carbons (Fsp3) is 0.769. The highest BCUT2D eigenvalue weighted by Crippen LogP contribution is 2.53. The molecule has 1 saturated carbocycles.